The highest BCUT2D eigenvalue weighted by Gasteiger charge is 2.09. The van der Waals surface area contributed by atoms with Crippen LogP contribution in [-0.2, 0) is 4.74 Å². The number of carbonyl (C=O) groups excluding carboxylic acids is 1. The second kappa shape index (κ2) is 9.97. The number of carbonyl (C=O) groups is 1. The second-order valence-electron chi connectivity index (χ2n) is 5.70. The van der Waals surface area contributed by atoms with E-state index in [1.165, 1.54) is 4.90 Å². The number of nitrogens with one attached hydrogen (secondary N) is 1. The third-order valence-corrected chi connectivity index (χ3v) is 4.28. The average Bonchev–Trinajstić information content (AvgIpc) is 2.65. The van der Waals surface area contributed by atoms with E-state index >= 15 is 0 Å². The molecule has 0 fully saturated rings. The van der Waals surface area contributed by atoms with Crippen molar-refractivity contribution in [3.63, 3.8) is 0 Å². The summed E-state index contributed by atoms with van der Waals surface area (Å²) in [6.07, 6.45) is 1.76. The van der Waals surface area contributed by atoms with Gasteiger partial charge in [0.15, 0.2) is 0 Å². The average molecular weight is 360 g/mol. The van der Waals surface area contributed by atoms with Crippen molar-refractivity contribution in [3.05, 3.63) is 64.7 Å². The maximum atomic E-state index is 12.0. The van der Waals surface area contributed by atoms with Gasteiger partial charge < -0.3 is 9.64 Å². The summed E-state index contributed by atoms with van der Waals surface area (Å²) in [4.78, 5) is 17.8. The molecular formula is C20H24ClN2O2+. The molecule has 0 aromatic heterocycles. The molecule has 132 valence electrons. The number of likely N-dealkylation sites (N-methyl/N-ethyl adjacent to an activating group) is 1. The Balaban J connectivity index is 1.88. The molecule has 0 bridgehead atoms. The zero-order valence-corrected chi connectivity index (χ0v) is 15.4. The van der Waals surface area contributed by atoms with E-state index in [0.717, 1.165) is 30.9 Å². The standard InChI is InChI=1S/C20H23ClN2O2/c1-3-23(4-2)13-14-25-20(24)17-7-11-19(12-8-17)22-15-16-5-9-18(21)10-6-16/h5-12,15H,3-4,13-14H2,1-2H3/p+1. The molecule has 25 heavy (non-hydrogen) atoms. The van der Waals surface area contributed by atoms with Gasteiger partial charge in [0.05, 0.1) is 24.3 Å². The number of ether oxygens (including phenoxy) is 1. The number of halogens is 1. The van der Waals surface area contributed by atoms with Gasteiger partial charge in [0.2, 0.25) is 0 Å². The number of aliphatic imine (C=N–C) groups is 1. The molecule has 4 nitrogen and oxygen atoms in total. The minimum atomic E-state index is -0.292. The minimum absolute atomic E-state index is 0.292. The van der Waals surface area contributed by atoms with Gasteiger partial charge in [-0.15, -0.1) is 0 Å². The summed E-state index contributed by atoms with van der Waals surface area (Å²) in [6.45, 7) is 7.60. The Hall–Kier alpha value is -2.17. The molecule has 0 aliphatic carbocycles. The number of quaternary nitrogens is 1. The SMILES string of the molecule is CC[NH+](CC)CCOC(=O)c1ccc(N=Cc2ccc(Cl)cc2)cc1. The van der Waals surface area contributed by atoms with Crippen molar-refractivity contribution in [2.75, 3.05) is 26.2 Å². The van der Waals surface area contributed by atoms with Gasteiger partial charge in [-0.05, 0) is 55.8 Å². The second-order valence-corrected chi connectivity index (χ2v) is 6.14. The van der Waals surface area contributed by atoms with E-state index in [0.29, 0.717) is 17.2 Å². The summed E-state index contributed by atoms with van der Waals surface area (Å²) in [7, 11) is 0. The van der Waals surface area contributed by atoms with Crippen LogP contribution in [0, 0.1) is 0 Å². The van der Waals surface area contributed by atoms with Crippen molar-refractivity contribution in [2.24, 2.45) is 4.99 Å². The molecule has 2 aromatic rings. The lowest BCUT2D eigenvalue weighted by atomic mass is 10.2. The van der Waals surface area contributed by atoms with Crippen molar-refractivity contribution in [3.8, 4) is 0 Å². The fourth-order valence-corrected chi connectivity index (χ4v) is 2.48. The van der Waals surface area contributed by atoms with E-state index in [2.05, 4.69) is 18.8 Å². The Labute approximate surface area is 154 Å². The maximum absolute atomic E-state index is 12.0. The zero-order valence-electron chi connectivity index (χ0n) is 14.7. The maximum Gasteiger partial charge on any atom is 0.338 e. The summed E-state index contributed by atoms with van der Waals surface area (Å²) in [6, 6.07) is 14.5. The predicted octanol–water partition coefficient (Wildman–Crippen LogP) is 3.17. The molecule has 5 heteroatoms. The minimum Gasteiger partial charge on any atom is -0.456 e. The molecule has 0 saturated heterocycles. The van der Waals surface area contributed by atoms with Crippen LogP contribution in [0.3, 0.4) is 0 Å². The van der Waals surface area contributed by atoms with Crippen molar-refractivity contribution >= 4 is 29.5 Å². The summed E-state index contributed by atoms with van der Waals surface area (Å²) in [5, 5.41) is 0.697. The first-order valence-corrected chi connectivity index (χ1v) is 8.90. The molecule has 0 heterocycles. The van der Waals surface area contributed by atoms with Gasteiger partial charge in [-0.3, -0.25) is 4.99 Å². The molecule has 0 aliphatic heterocycles. The van der Waals surface area contributed by atoms with Gasteiger partial charge in [-0.25, -0.2) is 4.79 Å². The fourth-order valence-electron chi connectivity index (χ4n) is 2.36. The van der Waals surface area contributed by atoms with E-state index in [9.17, 15) is 4.79 Å². The van der Waals surface area contributed by atoms with Crippen LogP contribution in [0.25, 0.3) is 0 Å². The predicted molar refractivity (Wildman–Crippen MR) is 102 cm³/mol. The number of hydrogen-bond donors (Lipinski definition) is 1. The third kappa shape index (κ3) is 6.33. The number of esters is 1. The van der Waals surface area contributed by atoms with Gasteiger partial charge in [0.1, 0.15) is 13.2 Å². The molecule has 1 N–H and O–H groups in total. The molecule has 0 amide bonds. The molecule has 0 saturated carbocycles. The van der Waals surface area contributed by atoms with E-state index in [1.54, 1.807) is 30.5 Å². The molecule has 0 aliphatic rings. The molecule has 0 spiro atoms. The summed E-state index contributed by atoms with van der Waals surface area (Å²) in [5.74, 6) is -0.292. The normalized spacial score (nSPS) is 11.2. The van der Waals surface area contributed by atoms with Crippen molar-refractivity contribution in [1.82, 2.24) is 0 Å². The largest absolute Gasteiger partial charge is 0.456 e. The Morgan fingerprint density at radius 3 is 2.32 bits per heavy atom. The van der Waals surface area contributed by atoms with Crippen LogP contribution >= 0.6 is 11.6 Å². The van der Waals surface area contributed by atoms with E-state index in [4.69, 9.17) is 16.3 Å². The summed E-state index contributed by atoms with van der Waals surface area (Å²) >= 11 is 5.86. The van der Waals surface area contributed by atoms with Gasteiger partial charge in [-0.1, -0.05) is 23.7 Å². The topological polar surface area (TPSA) is 43.1 Å². The first-order chi connectivity index (χ1) is 12.1. The molecule has 2 rings (SSSR count). The fraction of sp³-hybridized carbons (Fsp3) is 0.300. The van der Waals surface area contributed by atoms with E-state index in [1.807, 2.05) is 24.3 Å². The molecule has 0 atom stereocenters. The summed E-state index contributed by atoms with van der Waals surface area (Å²) < 4.78 is 5.33. The molecule has 0 radical (unpaired) electrons. The first kappa shape index (κ1) is 19.2. The van der Waals surface area contributed by atoms with Crippen LogP contribution in [0.1, 0.15) is 29.8 Å². The Kier molecular flexibility index (Phi) is 7.64. The van der Waals surface area contributed by atoms with Gasteiger partial charge in [0.25, 0.3) is 0 Å². The van der Waals surface area contributed by atoms with E-state index < -0.39 is 0 Å². The van der Waals surface area contributed by atoms with Gasteiger partial charge in [0, 0.05) is 11.2 Å². The zero-order chi connectivity index (χ0) is 18.1. The first-order valence-electron chi connectivity index (χ1n) is 8.52. The highest BCUT2D eigenvalue weighted by molar-refractivity contribution is 6.30. The lowest BCUT2D eigenvalue weighted by Crippen LogP contribution is -3.11. The quantitative estimate of drug-likeness (QED) is 0.581. The summed E-state index contributed by atoms with van der Waals surface area (Å²) in [5.41, 5.74) is 2.28. The lowest BCUT2D eigenvalue weighted by Gasteiger charge is -2.14. The van der Waals surface area contributed by atoms with Crippen LogP contribution in [-0.4, -0.2) is 38.4 Å². The van der Waals surface area contributed by atoms with Crippen LogP contribution in [0.5, 0.6) is 0 Å². The van der Waals surface area contributed by atoms with Gasteiger partial charge in [-0.2, -0.15) is 0 Å². The number of hydrogen-bond acceptors (Lipinski definition) is 3. The van der Waals surface area contributed by atoms with Crippen LogP contribution in [0.15, 0.2) is 53.5 Å². The van der Waals surface area contributed by atoms with Gasteiger partial charge >= 0.3 is 5.97 Å². The Bertz CT molecular complexity index is 693. The van der Waals surface area contributed by atoms with Crippen LogP contribution in [0.4, 0.5) is 5.69 Å². The smallest absolute Gasteiger partial charge is 0.338 e. The highest BCUT2D eigenvalue weighted by Crippen LogP contribution is 2.14. The third-order valence-electron chi connectivity index (χ3n) is 4.02. The van der Waals surface area contributed by atoms with Crippen molar-refractivity contribution in [1.29, 1.82) is 0 Å². The number of nitrogens with zero attached hydrogens (tertiary/aromatic N) is 1. The molecular weight excluding hydrogens is 336 g/mol. The molecule has 2 aromatic carbocycles. The Morgan fingerprint density at radius 2 is 1.72 bits per heavy atom. The molecule has 0 unspecified atom stereocenters. The number of benzene rings is 2. The van der Waals surface area contributed by atoms with E-state index in [-0.39, 0.29) is 5.97 Å². The van der Waals surface area contributed by atoms with Crippen LogP contribution < -0.4 is 4.90 Å². The number of rotatable bonds is 8. The van der Waals surface area contributed by atoms with Crippen molar-refractivity contribution < 1.29 is 14.4 Å². The monoisotopic (exact) mass is 359 g/mol. The lowest BCUT2D eigenvalue weighted by molar-refractivity contribution is -0.896. The Morgan fingerprint density at radius 1 is 1.08 bits per heavy atom. The highest BCUT2D eigenvalue weighted by atomic mass is 35.5. The van der Waals surface area contributed by atoms with Crippen molar-refractivity contribution in [2.45, 2.75) is 13.8 Å². The van der Waals surface area contributed by atoms with Crippen LogP contribution in [0.2, 0.25) is 5.02 Å².